The van der Waals surface area contributed by atoms with Crippen LogP contribution in [-0.2, 0) is 14.3 Å². The van der Waals surface area contributed by atoms with Crippen molar-refractivity contribution < 1.29 is 24.5 Å². The largest absolute Gasteiger partial charge is 0.466 e. The van der Waals surface area contributed by atoms with Crippen molar-refractivity contribution >= 4 is 11.9 Å². The molecule has 0 aliphatic rings. The number of unbranched alkanes of at least 4 members (excludes halogenated alkanes) is 48. The topological polar surface area (TPSA) is 95.9 Å². The summed E-state index contributed by atoms with van der Waals surface area (Å²) in [6.45, 7) is 4.96. The number of hydrogen-bond donors (Lipinski definition) is 3. The highest BCUT2D eigenvalue weighted by Crippen LogP contribution is 2.19. The van der Waals surface area contributed by atoms with E-state index in [1.165, 1.54) is 289 Å². The van der Waals surface area contributed by atoms with Gasteiger partial charge in [-0.3, -0.25) is 9.59 Å². The first-order chi connectivity index (χ1) is 36.5. The number of ether oxygens (including phenoxy) is 1. The van der Waals surface area contributed by atoms with Crippen LogP contribution in [0.25, 0.3) is 0 Å². The molecule has 2 atom stereocenters. The second-order valence-electron chi connectivity index (χ2n) is 23.2. The number of rotatable bonds is 63. The molecule has 0 heterocycles. The van der Waals surface area contributed by atoms with Crippen LogP contribution in [0, 0.1) is 0 Å². The number of hydrogen-bond acceptors (Lipinski definition) is 5. The van der Waals surface area contributed by atoms with E-state index in [1.807, 2.05) is 0 Å². The van der Waals surface area contributed by atoms with E-state index in [-0.39, 0.29) is 18.5 Å². The Morgan fingerprint density at radius 1 is 0.378 bits per heavy atom. The first-order valence-corrected chi connectivity index (χ1v) is 33.6. The molecule has 0 aromatic heterocycles. The number of aliphatic hydroxyl groups excluding tert-OH is 2. The van der Waals surface area contributed by atoms with E-state index in [4.69, 9.17) is 4.74 Å². The van der Waals surface area contributed by atoms with Crippen LogP contribution >= 0.6 is 0 Å². The molecule has 438 valence electrons. The van der Waals surface area contributed by atoms with Gasteiger partial charge in [-0.1, -0.05) is 327 Å². The van der Waals surface area contributed by atoms with Gasteiger partial charge in [0.05, 0.1) is 25.4 Å². The zero-order chi connectivity index (χ0) is 53.6. The fraction of sp³-hybridized carbons (Fsp3) is 0.912. The molecular formula is C68H131NO5. The minimum absolute atomic E-state index is 0.00510. The summed E-state index contributed by atoms with van der Waals surface area (Å²) in [4.78, 5) is 24.6. The van der Waals surface area contributed by atoms with E-state index in [0.29, 0.717) is 25.9 Å². The van der Waals surface area contributed by atoms with E-state index in [2.05, 4.69) is 43.5 Å². The third-order valence-corrected chi connectivity index (χ3v) is 15.8. The highest BCUT2D eigenvalue weighted by molar-refractivity contribution is 5.76. The van der Waals surface area contributed by atoms with Gasteiger partial charge in [-0.25, -0.2) is 0 Å². The highest BCUT2D eigenvalue weighted by Gasteiger charge is 2.20. The maximum Gasteiger partial charge on any atom is 0.305 e. The number of amides is 1. The maximum absolute atomic E-state index is 12.5. The lowest BCUT2D eigenvalue weighted by Crippen LogP contribution is -2.45. The van der Waals surface area contributed by atoms with Gasteiger partial charge in [0.25, 0.3) is 0 Å². The molecule has 0 rings (SSSR count). The Labute approximate surface area is 462 Å². The average molecular weight is 1040 g/mol. The van der Waals surface area contributed by atoms with Crippen LogP contribution in [0.4, 0.5) is 0 Å². The number of carbonyl (C=O) groups is 2. The third-order valence-electron chi connectivity index (χ3n) is 15.8. The molecule has 0 aromatic rings. The summed E-state index contributed by atoms with van der Waals surface area (Å²) in [5, 5.41) is 23.3. The van der Waals surface area contributed by atoms with Gasteiger partial charge in [-0.15, -0.1) is 0 Å². The molecule has 6 heteroatoms. The van der Waals surface area contributed by atoms with Gasteiger partial charge in [0.15, 0.2) is 0 Å². The molecule has 2 unspecified atom stereocenters. The van der Waals surface area contributed by atoms with Gasteiger partial charge in [0.2, 0.25) is 5.91 Å². The van der Waals surface area contributed by atoms with Gasteiger partial charge >= 0.3 is 5.97 Å². The Bertz CT molecular complexity index is 1150. The van der Waals surface area contributed by atoms with E-state index < -0.39 is 12.1 Å². The fourth-order valence-electron chi connectivity index (χ4n) is 10.6. The fourth-order valence-corrected chi connectivity index (χ4v) is 10.6. The van der Waals surface area contributed by atoms with Crippen molar-refractivity contribution in [2.24, 2.45) is 0 Å². The standard InChI is InChI=1S/C68H131NO5/c1-3-5-7-9-11-13-15-17-19-34-38-42-46-50-54-58-62-68(73)74-63-59-55-51-47-43-39-35-32-30-28-26-24-22-20-21-23-25-27-29-31-33-37-41-45-49-53-57-61-67(72)69-65(64-70)66(71)60-56-52-48-44-40-36-18-16-14-12-10-8-6-4-2/h13,15,19,34,65-66,70-71H,3-12,14,16-18,20-33,35-64H2,1-2H3,(H,69,72)/b15-13-,34-19-. The number of esters is 1. The van der Waals surface area contributed by atoms with Gasteiger partial charge in [0.1, 0.15) is 0 Å². The van der Waals surface area contributed by atoms with Crippen molar-refractivity contribution in [2.45, 2.75) is 386 Å². The second kappa shape index (κ2) is 63.9. The molecule has 0 radical (unpaired) electrons. The molecule has 0 saturated carbocycles. The molecule has 0 aliphatic carbocycles. The van der Waals surface area contributed by atoms with Gasteiger partial charge < -0.3 is 20.3 Å². The third kappa shape index (κ3) is 59.6. The maximum atomic E-state index is 12.5. The quantitative estimate of drug-likeness (QED) is 0.0320. The van der Waals surface area contributed by atoms with E-state index in [9.17, 15) is 19.8 Å². The lowest BCUT2D eigenvalue weighted by Gasteiger charge is -2.22. The van der Waals surface area contributed by atoms with E-state index >= 15 is 0 Å². The van der Waals surface area contributed by atoms with Crippen molar-refractivity contribution in [3.63, 3.8) is 0 Å². The zero-order valence-electron chi connectivity index (χ0n) is 50.1. The van der Waals surface area contributed by atoms with Crippen molar-refractivity contribution in [1.29, 1.82) is 0 Å². The lowest BCUT2D eigenvalue weighted by molar-refractivity contribution is -0.143. The summed E-state index contributed by atoms with van der Waals surface area (Å²) in [6.07, 6.45) is 79.3. The first-order valence-electron chi connectivity index (χ1n) is 33.6. The molecule has 0 aromatic carbocycles. The van der Waals surface area contributed by atoms with Crippen LogP contribution < -0.4 is 5.32 Å². The van der Waals surface area contributed by atoms with Crippen LogP contribution in [0.15, 0.2) is 24.3 Å². The van der Waals surface area contributed by atoms with Crippen LogP contribution in [0.1, 0.15) is 373 Å². The molecule has 0 aliphatic heterocycles. The summed E-state index contributed by atoms with van der Waals surface area (Å²) >= 11 is 0. The molecule has 1 amide bonds. The number of nitrogens with one attached hydrogen (secondary N) is 1. The Morgan fingerprint density at radius 2 is 0.676 bits per heavy atom. The Balaban J connectivity index is 3.34. The minimum atomic E-state index is -0.662. The van der Waals surface area contributed by atoms with Crippen molar-refractivity contribution in [3.05, 3.63) is 24.3 Å². The number of aliphatic hydroxyl groups is 2. The average Bonchev–Trinajstić information content (AvgIpc) is 3.40. The SMILES string of the molecule is CCCCCC/C=C\C/C=C\CCCCCCCC(=O)OCCCCCCCCCCCCCCCCCCCCCCCCCCCCCC(=O)NC(CO)C(O)CCCCCCCCCCCCCCCC. The molecule has 0 spiro atoms. The van der Waals surface area contributed by atoms with Crippen molar-refractivity contribution in [1.82, 2.24) is 5.32 Å². The molecule has 74 heavy (non-hydrogen) atoms. The summed E-state index contributed by atoms with van der Waals surface area (Å²) in [5.41, 5.74) is 0. The summed E-state index contributed by atoms with van der Waals surface area (Å²) in [6, 6.07) is -0.539. The first kappa shape index (κ1) is 72.3. The lowest BCUT2D eigenvalue weighted by atomic mass is 10.0. The Hall–Kier alpha value is -1.66. The van der Waals surface area contributed by atoms with Gasteiger partial charge in [-0.05, 0) is 57.8 Å². The van der Waals surface area contributed by atoms with Crippen LogP contribution in [0.5, 0.6) is 0 Å². The predicted molar refractivity (Wildman–Crippen MR) is 324 cm³/mol. The van der Waals surface area contributed by atoms with Gasteiger partial charge in [0, 0.05) is 12.8 Å². The smallest absolute Gasteiger partial charge is 0.305 e. The van der Waals surface area contributed by atoms with Crippen molar-refractivity contribution in [2.75, 3.05) is 13.2 Å². The number of allylic oxidation sites excluding steroid dienone is 4. The Morgan fingerprint density at radius 3 is 1.04 bits per heavy atom. The molecule has 6 nitrogen and oxygen atoms in total. The molecule has 0 fully saturated rings. The van der Waals surface area contributed by atoms with E-state index in [1.54, 1.807) is 0 Å². The van der Waals surface area contributed by atoms with Gasteiger partial charge in [-0.2, -0.15) is 0 Å². The minimum Gasteiger partial charge on any atom is -0.466 e. The summed E-state index contributed by atoms with van der Waals surface area (Å²) < 4.78 is 5.49. The molecule has 0 bridgehead atoms. The van der Waals surface area contributed by atoms with Crippen molar-refractivity contribution in [3.8, 4) is 0 Å². The molecule has 3 N–H and O–H groups in total. The second-order valence-corrected chi connectivity index (χ2v) is 23.2. The van der Waals surface area contributed by atoms with Crippen LogP contribution in [0.2, 0.25) is 0 Å². The zero-order valence-corrected chi connectivity index (χ0v) is 50.1. The molecule has 0 saturated heterocycles. The number of carbonyl (C=O) groups excluding carboxylic acids is 2. The van der Waals surface area contributed by atoms with E-state index in [0.717, 1.165) is 51.4 Å². The molecular weight excluding hydrogens is 911 g/mol. The summed E-state index contributed by atoms with van der Waals surface area (Å²) in [7, 11) is 0. The van der Waals surface area contributed by atoms with Crippen LogP contribution in [-0.4, -0.2) is 47.4 Å². The Kier molecular flexibility index (Phi) is 62.4. The monoisotopic (exact) mass is 1040 g/mol. The normalized spacial score (nSPS) is 12.6. The highest BCUT2D eigenvalue weighted by atomic mass is 16.5. The summed E-state index contributed by atoms with van der Waals surface area (Å²) in [5.74, 6) is -0.0251. The predicted octanol–water partition coefficient (Wildman–Crippen LogP) is 21.4. The van der Waals surface area contributed by atoms with Crippen LogP contribution in [0.3, 0.4) is 0 Å².